The molecule has 0 bridgehead atoms. The fourth-order valence-corrected chi connectivity index (χ4v) is 1.90. The maximum Gasteiger partial charge on any atom is 0.226 e. The highest BCUT2D eigenvalue weighted by molar-refractivity contribution is 5.34. The lowest BCUT2D eigenvalue weighted by atomic mass is 9.96. The quantitative estimate of drug-likeness (QED) is 0.742. The molecule has 5 heteroatoms. The van der Waals surface area contributed by atoms with E-state index in [1.165, 1.54) is 32.1 Å². The van der Waals surface area contributed by atoms with Gasteiger partial charge in [0.2, 0.25) is 11.9 Å². The van der Waals surface area contributed by atoms with Crippen LogP contribution >= 0.6 is 0 Å². The molecule has 0 amide bonds. The Morgan fingerprint density at radius 3 is 2.57 bits per heavy atom. The van der Waals surface area contributed by atoms with E-state index < -0.39 is 0 Å². The lowest BCUT2D eigenvalue weighted by molar-refractivity contribution is 0.460. The summed E-state index contributed by atoms with van der Waals surface area (Å²) >= 11 is 0. The standard InChI is InChI=1S/C9H17N5/c1-14-8(10)12-13-9(14)11-7-5-3-2-4-6-7/h7H,2-6H2,1H3,(H2,10,12)(H,11,13). The zero-order valence-electron chi connectivity index (χ0n) is 8.53. The molecule has 1 saturated carbocycles. The van der Waals surface area contributed by atoms with Gasteiger partial charge in [0.1, 0.15) is 0 Å². The first kappa shape index (κ1) is 9.30. The maximum absolute atomic E-state index is 5.60. The Morgan fingerprint density at radius 1 is 1.29 bits per heavy atom. The highest BCUT2D eigenvalue weighted by Gasteiger charge is 2.15. The molecule has 0 spiro atoms. The van der Waals surface area contributed by atoms with Gasteiger partial charge in [-0.3, -0.25) is 4.57 Å². The van der Waals surface area contributed by atoms with Crippen LogP contribution in [0.4, 0.5) is 11.9 Å². The van der Waals surface area contributed by atoms with E-state index in [4.69, 9.17) is 5.73 Å². The Balaban J connectivity index is 1.99. The number of nitrogen functional groups attached to an aromatic ring is 1. The first-order chi connectivity index (χ1) is 6.77. The van der Waals surface area contributed by atoms with E-state index in [0.717, 1.165) is 5.95 Å². The van der Waals surface area contributed by atoms with Crippen molar-refractivity contribution in [3.63, 3.8) is 0 Å². The Hall–Kier alpha value is -1.26. The summed E-state index contributed by atoms with van der Waals surface area (Å²) in [5.41, 5.74) is 5.60. The van der Waals surface area contributed by atoms with E-state index in [1.807, 2.05) is 7.05 Å². The molecule has 1 fully saturated rings. The van der Waals surface area contributed by atoms with Gasteiger partial charge in [-0.2, -0.15) is 0 Å². The summed E-state index contributed by atoms with van der Waals surface area (Å²) < 4.78 is 1.79. The van der Waals surface area contributed by atoms with Crippen LogP contribution in [-0.4, -0.2) is 20.8 Å². The van der Waals surface area contributed by atoms with Gasteiger partial charge in [0, 0.05) is 13.1 Å². The van der Waals surface area contributed by atoms with E-state index in [1.54, 1.807) is 4.57 Å². The van der Waals surface area contributed by atoms with Crippen molar-refractivity contribution >= 4 is 11.9 Å². The van der Waals surface area contributed by atoms with E-state index in [2.05, 4.69) is 15.5 Å². The number of aromatic nitrogens is 3. The Bertz CT molecular complexity index is 300. The fraction of sp³-hybridized carbons (Fsp3) is 0.778. The van der Waals surface area contributed by atoms with Crippen molar-refractivity contribution in [3.8, 4) is 0 Å². The molecule has 14 heavy (non-hydrogen) atoms. The minimum absolute atomic E-state index is 0.461. The molecular formula is C9H17N5. The van der Waals surface area contributed by atoms with Crippen LogP contribution < -0.4 is 11.1 Å². The average molecular weight is 195 g/mol. The van der Waals surface area contributed by atoms with Crippen molar-refractivity contribution in [2.24, 2.45) is 7.05 Å². The topological polar surface area (TPSA) is 68.8 Å². The molecule has 1 aliphatic rings. The average Bonchev–Trinajstić information content (AvgIpc) is 2.52. The third-order valence-corrected chi connectivity index (χ3v) is 2.85. The highest BCUT2D eigenvalue weighted by atomic mass is 15.4. The molecule has 0 saturated heterocycles. The van der Waals surface area contributed by atoms with Crippen LogP contribution in [0.1, 0.15) is 32.1 Å². The first-order valence-electron chi connectivity index (χ1n) is 5.19. The Morgan fingerprint density at radius 2 is 2.00 bits per heavy atom. The summed E-state index contributed by atoms with van der Waals surface area (Å²) in [4.78, 5) is 0. The summed E-state index contributed by atoms with van der Waals surface area (Å²) in [6, 6.07) is 0.547. The summed E-state index contributed by atoms with van der Waals surface area (Å²) in [5, 5.41) is 11.2. The van der Waals surface area contributed by atoms with Gasteiger partial charge in [0.15, 0.2) is 0 Å². The molecule has 0 radical (unpaired) electrons. The zero-order chi connectivity index (χ0) is 9.97. The van der Waals surface area contributed by atoms with Crippen LogP contribution in [0.3, 0.4) is 0 Å². The van der Waals surface area contributed by atoms with Crippen molar-refractivity contribution < 1.29 is 0 Å². The summed E-state index contributed by atoms with van der Waals surface area (Å²) in [6.07, 6.45) is 6.44. The monoisotopic (exact) mass is 195 g/mol. The first-order valence-corrected chi connectivity index (χ1v) is 5.19. The normalized spacial score (nSPS) is 18.4. The largest absolute Gasteiger partial charge is 0.368 e. The van der Waals surface area contributed by atoms with E-state index in [0.29, 0.717) is 12.0 Å². The number of nitrogens with two attached hydrogens (primary N) is 1. The number of hydrogen-bond acceptors (Lipinski definition) is 4. The predicted octanol–water partition coefficient (Wildman–Crippen LogP) is 1.14. The third kappa shape index (κ3) is 1.81. The molecule has 5 nitrogen and oxygen atoms in total. The van der Waals surface area contributed by atoms with Crippen LogP contribution in [0.15, 0.2) is 0 Å². The highest BCUT2D eigenvalue weighted by Crippen LogP contribution is 2.20. The van der Waals surface area contributed by atoms with Crippen LogP contribution in [-0.2, 0) is 7.05 Å². The minimum atomic E-state index is 0.461. The second kappa shape index (κ2) is 3.86. The van der Waals surface area contributed by atoms with E-state index in [-0.39, 0.29) is 0 Å². The Kier molecular flexibility index (Phi) is 2.56. The van der Waals surface area contributed by atoms with E-state index in [9.17, 15) is 0 Å². The molecular weight excluding hydrogens is 178 g/mol. The van der Waals surface area contributed by atoms with Crippen molar-refractivity contribution in [3.05, 3.63) is 0 Å². The maximum atomic E-state index is 5.60. The molecule has 3 N–H and O–H groups in total. The van der Waals surface area contributed by atoms with Crippen LogP contribution in [0.2, 0.25) is 0 Å². The molecule has 0 aromatic carbocycles. The zero-order valence-corrected chi connectivity index (χ0v) is 8.53. The number of rotatable bonds is 2. The second-order valence-electron chi connectivity index (χ2n) is 3.92. The molecule has 2 rings (SSSR count). The molecule has 1 aromatic heterocycles. The number of nitrogens with zero attached hydrogens (tertiary/aromatic N) is 3. The van der Waals surface area contributed by atoms with Gasteiger partial charge in [0.25, 0.3) is 0 Å². The molecule has 1 aliphatic carbocycles. The molecule has 0 unspecified atom stereocenters. The van der Waals surface area contributed by atoms with Crippen LogP contribution in [0.25, 0.3) is 0 Å². The van der Waals surface area contributed by atoms with Gasteiger partial charge < -0.3 is 11.1 Å². The smallest absolute Gasteiger partial charge is 0.226 e. The van der Waals surface area contributed by atoms with Gasteiger partial charge in [-0.05, 0) is 12.8 Å². The number of anilines is 2. The molecule has 0 aliphatic heterocycles. The lowest BCUT2D eigenvalue weighted by Crippen LogP contribution is -2.24. The van der Waals surface area contributed by atoms with E-state index >= 15 is 0 Å². The van der Waals surface area contributed by atoms with Crippen LogP contribution in [0.5, 0.6) is 0 Å². The minimum Gasteiger partial charge on any atom is -0.368 e. The van der Waals surface area contributed by atoms with Gasteiger partial charge in [-0.1, -0.05) is 19.3 Å². The van der Waals surface area contributed by atoms with Crippen LogP contribution in [0, 0.1) is 0 Å². The van der Waals surface area contributed by atoms with Crippen molar-refractivity contribution in [2.75, 3.05) is 11.1 Å². The van der Waals surface area contributed by atoms with Gasteiger partial charge >= 0.3 is 0 Å². The third-order valence-electron chi connectivity index (χ3n) is 2.85. The fourth-order valence-electron chi connectivity index (χ4n) is 1.90. The van der Waals surface area contributed by atoms with Gasteiger partial charge in [0.05, 0.1) is 0 Å². The lowest BCUT2D eigenvalue weighted by Gasteiger charge is -2.22. The molecule has 0 atom stereocenters. The van der Waals surface area contributed by atoms with Crippen molar-refractivity contribution in [2.45, 2.75) is 38.1 Å². The Labute approximate surface area is 83.7 Å². The second-order valence-corrected chi connectivity index (χ2v) is 3.92. The molecule has 1 aromatic rings. The van der Waals surface area contributed by atoms with Gasteiger partial charge in [-0.15, -0.1) is 10.2 Å². The number of hydrogen-bond donors (Lipinski definition) is 2. The van der Waals surface area contributed by atoms with Gasteiger partial charge in [-0.25, -0.2) is 0 Å². The van der Waals surface area contributed by atoms with Crippen molar-refractivity contribution in [1.29, 1.82) is 0 Å². The number of nitrogens with one attached hydrogen (secondary N) is 1. The SMILES string of the molecule is Cn1c(N)nnc1NC1CCCCC1. The summed E-state index contributed by atoms with van der Waals surface area (Å²) in [5.74, 6) is 1.25. The molecule has 78 valence electrons. The molecule has 1 heterocycles. The summed E-state index contributed by atoms with van der Waals surface area (Å²) in [6.45, 7) is 0. The summed E-state index contributed by atoms with van der Waals surface area (Å²) in [7, 11) is 1.88. The van der Waals surface area contributed by atoms with Crippen molar-refractivity contribution in [1.82, 2.24) is 14.8 Å². The predicted molar refractivity (Wildman–Crippen MR) is 55.9 cm³/mol.